The first-order valence-corrected chi connectivity index (χ1v) is 9.66. The van der Waals surface area contributed by atoms with E-state index in [-0.39, 0.29) is 35.4 Å². The molecule has 6 nitrogen and oxygen atoms in total. The summed E-state index contributed by atoms with van der Waals surface area (Å²) < 4.78 is 27.3. The average Bonchev–Trinajstić information content (AvgIpc) is 3.10. The number of sulfonamides is 1. The van der Waals surface area contributed by atoms with Crippen molar-refractivity contribution in [2.75, 3.05) is 4.72 Å². The fraction of sp³-hybridized carbons (Fsp3) is 0.250. The summed E-state index contributed by atoms with van der Waals surface area (Å²) in [6.07, 6.45) is 0.522. The van der Waals surface area contributed by atoms with E-state index in [4.69, 9.17) is 0 Å². The Morgan fingerprint density at radius 1 is 1.04 bits per heavy atom. The summed E-state index contributed by atoms with van der Waals surface area (Å²) in [7, 11) is -3.60. The SMILES string of the molecule is Cc1ccc(S(=O)(=O)Nc2ccc(CN3C(=O)CCC3=O)cc2)s1. The molecule has 2 aromatic rings. The van der Waals surface area contributed by atoms with Gasteiger partial charge in [0.2, 0.25) is 11.8 Å². The van der Waals surface area contributed by atoms with Crippen molar-refractivity contribution in [3.05, 3.63) is 46.8 Å². The molecule has 1 aliphatic rings. The molecule has 24 heavy (non-hydrogen) atoms. The number of imide groups is 1. The van der Waals surface area contributed by atoms with Crippen molar-refractivity contribution in [2.24, 2.45) is 0 Å². The van der Waals surface area contributed by atoms with Crippen LogP contribution in [0.25, 0.3) is 0 Å². The number of aryl methyl sites for hydroxylation is 1. The largest absolute Gasteiger partial charge is 0.279 e. The van der Waals surface area contributed by atoms with E-state index in [0.29, 0.717) is 5.69 Å². The van der Waals surface area contributed by atoms with E-state index in [1.807, 2.05) is 6.92 Å². The fourth-order valence-corrected chi connectivity index (χ4v) is 4.76. The highest BCUT2D eigenvalue weighted by Crippen LogP contribution is 2.24. The molecular formula is C16H16N2O4S2. The summed E-state index contributed by atoms with van der Waals surface area (Å²) in [5, 5.41) is 0. The molecule has 0 unspecified atom stereocenters. The van der Waals surface area contributed by atoms with Crippen LogP contribution in [0.5, 0.6) is 0 Å². The van der Waals surface area contributed by atoms with Crippen molar-refractivity contribution in [1.82, 2.24) is 4.90 Å². The molecule has 0 atom stereocenters. The lowest BCUT2D eigenvalue weighted by Crippen LogP contribution is -2.28. The third kappa shape index (κ3) is 3.49. The summed E-state index contributed by atoms with van der Waals surface area (Å²) in [6, 6.07) is 9.98. The van der Waals surface area contributed by atoms with Crippen molar-refractivity contribution in [3.63, 3.8) is 0 Å². The minimum absolute atomic E-state index is 0.169. The summed E-state index contributed by atoms with van der Waals surface area (Å²) in [4.78, 5) is 25.4. The molecule has 3 rings (SSSR count). The van der Waals surface area contributed by atoms with Gasteiger partial charge in [0.25, 0.3) is 10.0 Å². The van der Waals surface area contributed by atoms with Crippen LogP contribution in [0.4, 0.5) is 5.69 Å². The van der Waals surface area contributed by atoms with Crippen molar-refractivity contribution < 1.29 is 18.0 Å². The Hall–Kier alpha value is -2.19. The predicted octanol–water partition coefficient (Wildman–Crippen LogP) is 2.51. The summed E-state index contributed by atoms with van der Waals surface area (Å²) in [6.45, 7) is 2.06. The molecule has 1 N–H and O–H groups in total. The number of nitrogens with one attached hydrogen (secondary N) is 1. The second kappa shape index (κ2) is 6.37. The Morgan fingerprint density at radius 3 is 2.21 bits per heavy atom. The molecule has 0 radical (unpaired) electrons. The van der Waals surface area contributed by atoms with Crippen LogP contribution in [0.2, 0.25) is 0 Å². The van der Waals surface area contributed by atoms with Gasteiger partial charge in [-0.05, 0) is 36.8 Å². The highest BCUT2D eigenvalue weighted by Gasteiger charge is 2.28. The van der Waals surface area contributed by atoms with Gasteiger partial charge in [-0.3, -0.25) is 19.2 Å². The van der Waals surface area contributed by atoms with E-state index >= 15 is 0 Å². The topological polar surface area (TPSA) is 83.6 Å². The van der Waals surface area contributed by atoms with Gasteiger partial charge >= 0.3 is 0 Å². The maximum absolute atomic E-state index is 12.3. The van der Waals surface area contributed by atoms with Gasteiger partial charge in [0.05, 0.1) is 6.54 Å². The lowest BCUT2D eigenvalue weighted by Gasteiger charge is -2.14. The molecular weight excluding hydrogens is 348 g/mol. The number of hydrogen-bond donors (Lipinski definition) is 1. The van der Waals surface area contributed by atoms with Crippen LogP contribution in [0, 0.1) is 6.92 Å². The molecule has 1 aliphatic heterocycles. The van der Waals surface area contributed by atoms with E-state index in [2.05, 4.69) is 4.72 Å². The molecule has 2 heterocycles. The Kier molecular flexibility index (Phi) is 4.42. The van der Waals surface area contributed by atoms with E-state index in [0.717, 1.165) is 10.4 Å². The third-order valence-electron chi connectivity index (χ3n) is 3.68. The third-order valence-corrected chi connectivity index (χ3v) is 6.56. The summed E-state index contributed by atoms with van der Waals surface area (Å²) in [5.74, 6) is -0.337. The molecule has 1 aromatic carbocycles. The van der Waals surface area contributed by atoms with E-state index in [1.54, 1.807) is 36.4 Å². The number of hydrogen-bond acceptors (Lipinski definition) is 5. The number of amides is 2. The normalized spacial score (nSPS) is 15.1. The first kappa shape index (κ1) is 16.7. The second-order valence-electron chi connectivity index (χ2n) is 5.54. The molecule has 1 saturated heterocycles. The van der Waals surface area contributed by atoms with Gasteiger partial charge in [-0.25, -0.2) is 8.42 Å². The zero-order valence-electron chi connectivity index (χ0n) is 13.0. The zero-order chi connectivity index (χ0) is 17.3. The summed E-state index contributed by atoms with van der Waals surface area (Å²) >= 11 is 1.21. The van der Waals surface area contributed by atoms with Gasteiger partial charge in [-0.15, -0.1) is 11.3 Å². The number of nitrogens with zero attached hydrogens (tertiary/aromatic N) is 1. The molecule has 0 aliphatic carbocycles. The van der Waals surface area contributed by atoms with Crippen LogP contribution < -0.4 is 4.72 Å². The van der Waals surface area contributed by atoms with Crippen LogP contribution in [-0.4, -0.2) is 25.1 Å². The van der Waals surface area contributed by atoms with Gasteiger partial charge in [0.1, 0.15) is 4.21 Å². The minimum Gasteiger partial charge on any atom is -0.279 e. The molecule has 126 valence electrons. The van der Waals surface area contributed by atoms with Crippen molar-refractivity contribution in [2.45, 2.75) is 30.5 Å². The van der Waals surface area contributed by atoms with Crippen molar-refractivity contribution in [3.8, 4) is 0 Å². The van der Waals surface area contributed by atoms with Gasteiger partial charge in [0.15, 0.2) is 0 Å². The molecule has 8 heteroatoms. The van der Waals surface area contributed by atoms with Crippen LogP contribution in [-0.2, 0) is 26.2 Å². The molecule has 1 aromatic heterocycles. The van der Waals surface area contributed by atoms with E-state index < -0.39 is 10.0 Å². The maximum Gasteiger partial charge on any atom is 0.271 e. The van der Waals surface area contributed by atoms with Gasteiger partial charge in [-0.2, -0.15) is 0 Å². The Balaban J connectivity index is 1.71. The van der Waals surface area contributed by atoms with Gasteiger partial charge in [0, 0.05) is 23.4 Å². The number of rotatable bonds is 5. The number of thiophene rings is 1. The lowest BCUT2D eigenvalue weighted by molar-refractivity contribution is -0.139. The van der Waals surface area contributed by atoms with Crippen LogP contribution in [0.1, 0.15) is 23.3 Å². The predicted molar refractivity (Wildman–Crippen MR) is 91.1 cm³/mol. The van der Waals surface area contributed by atoms with E-state index in [1.165, 1.54) is 16.2 Å². The van der Waals surface area contributed by atoms with Crippen LogP contribution >= 0.6 is 11.3 Å². The van der Waals surface area contributed by atoms with E-state index in [9.17, 15) is 18.0 Å². The van der Waals surface area contributed by atoms with Crippen molar-refractivity contribution >= 4 is 38.9 Å². The number of anilines is 1. The van der Waals surface area contributed by atoms with Crippen LogP contribution in [0.15, 0.2) is 40.6 Å². The Labute approximate surface area is 144 Å². The highest BCUT2D eigenvalue weighted by molar-refractivity contribution is 7.94. The maximum atomic E-state index is 12.3. The Bertz CT molecular complexity index is 869. The molecule has 0 saturated carbocycles. The summed E-state index contributed by atoms with van der Waals surface area (Å²) in [5.41, 5.74) is 1.21. The monoisotopic (exact) mass is 364 g/mol. The Morgan fingerprint density at radius 2 is 1.67 bits per heavy atom. The van der Waals surface area contributed by atoms with Crippen molar-refractivity contribution in [1.29, 1.82) is 0 Å². The smallest absolute Gasteiger partial charge is 0.271 e. The molecule has 1 fully saturated rings. The highest BCUT2D eigenvalue weighted by atomic mass is 32.2. The number of likely N-dealkylation sites (tertiary alicyclic amines) is 1. The standard InChI is InChI=1S/C16H16N2O4S2/c1-11-2-9-16(23-11)24(21,22)17-13-5-3-12(4-6-13)10-18-14(19)7-8-15(18)20/h2-6,9,17H,7-8,10H2,1H3. The number of carbonyl (C=O) groups is 2. The quantitative estimate of drug-likeness (QED) is 0.826. The first-order chi connectivity index (χ1) is 11.3. The molecule has 0 bridgehead atoms. The van der Waals surface area contributed by atoms with Gasteiger partial charge < -0.3 is 0 Å². The second-order valence-corrected chi connectivity index (χ2v) is 8.74. The number of carbonyl (C=O) groups excluding carboxylic acids is 2. The minimum atomic E-state index is -3.60. The fourth-order valence-electron chi connectivity index (χ4n) is 2.42. The number of benzene rings is 1. The zero-order valence-corrected chi connectivity index (χ0v) is 14.6. The first-order valence-electron chi connectivity index (χ1n) is 7.36. The molecule has 2 amide bonds. The lowest BCUT2D eigenvalue weighted by atomic mass is 10.2. The molecule has 0 spiro atoms. The van der Waals surface area contributed by atoms with Crippen LogP contribution in [0.3, 0.4) is 0 Å². The average molecular weight is 364 g/mol. The van der Waals surface area contributed by atoms with Gasteiger partial charge in [-0.1, -0.05) is 12.1 Å².